The van der Waals surface area contributed by atoms with Crippen LogP contribution in [-0.2, 0) is 0 Å². The maximum absolute atomic E-state index is 7.68. The molecule has 0 aromatic heterocycles. The van der Waals surface area contributed by atoms with Gasteiger partial charge in [0, 0.05) is 55.1 Å². The molecule has 0 saturated carbocycles. The summed E-state index contributed by atoms with van der Waals surface area (Å²) in [5.74, 6) is 14.5. The van der Waals surface area contributed by atoms with Crippen molar-refractivity contribution in [2.45, 2.75) is 0 Å². The molecule has 0 bridgehead atoms. The minimum atomic E-state index is 0.770. The molecule has 0 aliphatic heterocycles. The molecule has 0 radical (unpaired) electrons. The van der Waals surface area contributed by atoms with Crippen LogP contribution in [0.3, 0.4) is 0 Å². The van der Waals surface area contributed by atoms with E-state index in [1.165, 1.54) is 16.7 Å². The van der Waals surface area contributed by atoms with Crippen LogP contribution in [0.25, 0.3) is 76.5 Å². The third kappa shape index (κ3) is 4.52. The molecule has 0 fully saturated rings. The lowest BCUT2D eigenvalue weighted by Gasteiger charge is -2.18. The quantitative estimate of drug-likeness (QED) is 0.121. The fraction of sp³-hybridized carbons (Fsp3) is 0. The van der Waals surface area contributed by atoms with Gasteiger partial charge < -0.3 is 0 Å². The summed E-state index contributed by atoms with van der Waals surface area (Å²) in [6, 6.07) is 57.2. The first kappa shape index (κ1) is 29.4. The first-order valence-corrected chi connectivity index (χ1v) is 17.5. The second-order valence-electron chi connectivity index (χ2n) is 12.9. The van der Waals surface area contributed by atoms with Crippen molar-refractivity contribution in [3.63, 3.8) is 0 Å². The Bertz CT molecular complexity index is 2940. The molecule has 1 heteroatoms. The van der Waals surface area contributed by atoms with Crippen molar-refractivity contribution in [3.8, 4) is 57.1 Å². The standard InChI is InChI=1S/C50H27Cl/c51-50-42-27-15-14-26-39(42)43(34-20-8-3-9-21-34)47-45-37-24-12-10-22-35(37)40(30-28-32-16-4-1-5-17-32)44-41(31-29-33-18-6-2-7-19-33)36-23-11-13-25-38(36)46(48(44)45)49(47)50/h1-27H. The molecule has 0 nitrogen and oxygen atoms in total. The Hall–Kier alpha value is -6.57. The first-order valence-electron chi connectivity index (χ1n) is 17.2. The summed E-state index contributed by atoms with van der Waals surface area (Å²) in [6.45, 7) is 0. The van der Waals surface area contributed by atoms with E-state index in [1.54, 1.807) is 0 Å². The molecule has 9 aromatic rings. The third-order valence-electron chi connectivity index (χ3n) is 10.1. The molecular formula is C50H27Cl. The maximum Gasteiger partial charge on any atom is 0.0569 e. The summed E-state index contributed by atoms with van der Waals surface area (Å²) in [5, 5.41) is 9.66. The van der Waals surface area contributed by atoms with Gasteiger partial charge in [-0.2, -0.15) is 0 Å². The van der Waals surface area contributed by atoms with E-state index in [0.29, 0.717) is 0 Å². The zero-order valence-corrected chi connectivity index (χ0v) is 28.2. The van der Waals surface area contributed by atoms with E-state index in [2.05, 4.69) is 151 Å². The molecule has 1 aliphatic rings. The summed E-state index contributed by atoms with van der Waals surface area (Å²) in [5.41, 5.74) is 10.8. The fourth-order valence-corrected chi connectivity index (χ4v) is 8.36. The van der Waals surface area contributed by atoms with Crippen molar-refractivity contribution >= 4 is 54.7 Å². The normalized spacial score (nSPS) is 11.3. The number of hydrogen-bond acceptors (Lipinski definition) is 0. The summed E-state index contributed by atoms with van der Waals surface area (Å²) < 4.78 is 0. The van der Waals surface area contributed by atoms with Crippen molar-refractivity contribution in [1.29, 1.82) is 0 Å². The summed E-state index contributed by atoms with van der Waals surface area (Å²) >= 11 is 7.68. The van der Waals surface area contributed by atoms with E-state index in [0.717, 1.165) is 87.1 Å². The van der Waals surface area contributed by atoms with Gasteiger partial charge >= 0.3 is 0 Å². The van der Waals surface area contributed by atoms with Crippen LogP contribution < -0.4 is 0 Å². The fourth-order valence-electron chi connectivity index (χ4n) is 8.00. The Morgan fingerprint density at radius 2 is 0.686 bits per heavy atom. The Morgan fingerprint density at radius 3 is 1.20 bits per heavy atom. The van der Waals surface area contributed by atoms with Gasteiger partial charge in [0.1, 0.15) is 0 Å². The van der Waals surface area contributed by atoms with Crippen molar-refractivity contribution in [1.82, 2.24) is 0 Å². The van der Waals surface area contributed by atoms with E-state index in [9.17, 15) is 0 Å². The average molecular weight is 663 g/mol. The molecule has 0 N–H and O–H groups in total. The highest BCUT2D eigenvalue weighted by Crippen LogP contribution is 2.61. The summed E-state index contributed by atoms with van der Waals surface area (Å²) in [4.78, 5) is 0. The Kier molecular flexibility index (Phi) is 6.79. The summed E-state index contributed by atoms with van der Waals surface area (Å²) in [6.07, 6.45) is 0. The van der Waals surface area contributed by atoms with Crippen LogP contribution in [0.5, 0.6) is 0 Å². The molecule has 0 spiro atoms. The van der Waals surface area contributed by atoms with E-state index >= 15 is 0 Å². The number of fused-ring (bicyclic) bond motifs is 8. The highest BCUT2D eigenvalue weighted by atomic mass is 35.5. The zero-order valence-electron chi connectivity index (χ0n) is 27.5. The molecular weight excluding hydrogens is 636 g/mol. The molecule has 0 amide bonds. The van der Waals surface area contributed by atoms with Gasteiger partial charge in [-0.1, -0.05) is 175 Å². The average Bonchev–Trinajstić information content (AvgIpc) is 3.55. The third-order valence-corrected chi connectivity index (χ3v) is 10.5. The number of hydrogen-bond donors (Lipinski definition) is 0. The number of halogens is 1. The van der Waals surface area contributed by atoms with Gasteiger partial charge in [0.05, 0.1) is 5.02 Å². The van der Waals surface area contributed by atoms with E-state index < -0.39 is 0 Å². The predicted molar refractivity (Wildman–Crippen MR) is 216 cm³/mol. The van der Waals surface area contributed by atoms with Gasteiger partial charge in [-0.3, -0.25) is 0 Å². The molecule has 9 aromatic carbocycles. The second-order valence-corrected chi connectivity index (χ2v) is 13.3. The maximum atomic E-state index is 7.68. The van der Waals surface area contributed by atoms with Crippen LogP contribution in [0.2, 0.25) is 5.02 Å². The molecule has 1 aliphatic carbocycles. The summed E-state index contributed by atoms with van der Waals surface area (Å²) in [7, 11) is 0. The monoisotopic (exact) mass is 662 g/mol. The minimum absolute atomic E-state index is 0.770. The van der Waals surface area contributed by atoms with Gasteiger partial charge in [0.15, 0.2) is 0 Å². The number of benzene rings is 9. The second kappa shape index (κ2) is 11.8. The molecule has 0 saturated heterocycles. The predicted octanol–water partition coefficient (Wildman–Crippen LogP) is 13.1. The zero-order chi connectivity index (χ0) is 33.9. The van der Waals surface area contributed by atoms with Crippen LogP contribution in [0.4, 0.5) is 0 Å². The first-order chi connectivity index (χ1) is 25.3. The smallest absolute Gasteiger partial charge is 0.0569 e. The van der Waals surface area contributed by atoms with Gasteiger partial charge in [-0.05, 0) is 67.9 Å². The van der Waals surface area contributed by atoms with Crippen molar-refractivity contribution < 1.29 is 0 Å². The molecule has 51 heavy (non-hydrogen) atoms. The highest BCUT2D eigenvalue weighted by Gasteiger charge is 2.34. The molecule has 0 heterocycles. The lowest BCUT2D eigenvalue weighted by atomic mass is 9.85. The lowest BCUT2D eigenvalue weighted by Crippen LogP contribution is -1.94. The van der Waals surface area contributed by atoms with Crippen LogP contribution in [0.15, 0.2) is 164 Å². The van der Waals surface area contributed by atoms with Gasteiger partial charge in [-0.25, -0.2) is 0 Å². The Balaban J connectivity index is 1.49. The van der Waals surface area contributed by atoms with Gasteiger partial charge in [-0.15, -0.1) is 0 Å². The minimum Gasteiger partial charge on any atom is -0.0830 e. The Labute approximate surface area is 301 Å². The van der Waals surface area contributed by atoms with Crippen molar-refractivity contribution in [2.24, 2.45) is 0 Å². The Morgan fingerprint density at radius 1 is 0.294 bits per heavy atom. The van der Waals surface area contributed by atoms with Gasteiger partial charge in [0.25, 0.3) is 0 Å². The van der Waals surface area contributed by atoms with E-state index in [-0.39, 0.29) is 0 Å². The van der Waals surface area contributed by atoms with Crippen molar-refractivity contribution in [2.75, 3.05) is 0 Å². The van der Waals surface area contributed by atoms with Crippen LogP contribution in [0.1, 0.15) is 22.3 Å². The van der Waals surface area contributed by atoms with Crippen LogP contribution in [-0.4, -0.2) is 0 Å². The SMILES string of the molecule is Clc1c2c(c(-c3ccccc3)c3ccccc13)-c1c3ccccc3c(C#Cc3ccccc3)c3c(C#Cc4ccccc4)c4ccccc4c-2c13. The van der Waals surface area contributed by atoms with Gasteiger partial charge in [0.2, 0.25) is 0 Å². The molecule has 234 valence electrons. The van der Waals surface area contributed by atoms with E-state index in [4.69, 9.17) is 11.6 Å². The largest absolute Gasteiger partial charge is 0.0830 e. The molecule has 0 unspecified atom stereocenters. The lowest BCUT2D eigenvalue weighted by molar-refractivity contribution is 1.64. The topological polar surface area (TPSA) is 0 Å². The van der Waals surface area contributed by atoms with Crippen molar-refractivity contribution in [3.05, 3.63) is 191 Å². The van der Waals surface area contributed by atoms with Crippen LogP contribution in [0, 0.1) is 23.7 Å². The molecule has 10 rings (SSSR count). The van der Waals surface area contributed by atoms with Crippen LogP contribution >= 0.6 is 11.6 Å². The highest BCUT2D eigenvalue weighted by molar-refractivity contribution is 6.45. The van der Waals surface area contributed by atoms with E-state index in [1.807, 2.05) is 36.4 Å². The molecule has 0 atom stereocenters. The number of rotatable bonds is 1.